The van der Waals surface area contributed by atoms with Crippen LogP contribution >= 0.6 is 0 Å². The van der Waals surface area contributed by atoms with Crippen molar-refractivity contribution >= 4 is 5.97 Å². The molecule has 1 unspecified atom stereocenters. The molecule has 1 rings (SSSR count). The van der Waals surface area contributed by atoms with Gasteiger partial charge < -0.3 is 14.9 Å². The van der Waals surface area contributed by atoms with Gasteiger partial charge in [0, 0.05) is 0 Å². The molecule has 0 aromatic heterocycles. The Morgan fingerprint density at radius 3 is 2.61 bits per heavy atom. The first-order valence-corrected chi connectivity index (χ1v) is 6.06. The number of carbonyl (C=O) groups is 1. The molecule has 0 heterocycles. The van der Waals surface area contributed by atoms with Crippen LogP contribution in [-0.4, -0.2) is 22.8 Å². The summed E-state index contributed by atoms with van der Waals surface area (Å²) in [5, 5.41) is 19.3. The maximum absolute atomic E-state index is 11.6. The van der Waals surface area contributed by atoms with Crippen LogP contribution in [0, 0.1) is 12.8 Å². The van der Waals surface area contributed by atoms with Gasteiger partial charge in [0.05, 0.1) is 6.61 Å². The average Bonchev–Trinajstić information content (AvgIpc) is 2.31. The molecular weight excluding hydrogens is 232 g/mol. The molecule has 0 saturated heterocycles. The van der Waals surface area contributed by atoms with E-state index in [1.807, 2.05) is 13.8 Å². The number of aliphatic hydroxyl groups excluding tert-OH is 1. The van der Waals surface area contributed by atoms with Gasteiger partial charge in [0.2, 0.25) is 0 Å². The van der Waals surface area contributed by atoms with Crippen LogP contribution in [0.4, 0.5) is 0 Å². The third-order valence-electron chi connectivity index (χ3n) is 2.71. The van der Waals surface area contributed by atoms with Crippen molar-refractivity contribution in [1.82, 2.24) is 0 Å². The van der Waals surface area contributed by atoms with E-state index in [9.17, 15) is 15.0 Å². The van der Waals surface area contributed by atoms with E-state index in [2.05, 4.69) is 0 Å². The molecular formula is C14H20O4. The third-order valence-corrected chi connectivity index (χ3v) is 2.71. The van der Waals surface area contributed by atoms with E-state index in [0.29, 0.717) is 23.7 Å². The topological polar surface area (TPSA) is 66.8 Å². The fourth-order valence-corrected chi connectivity index (χ4v) is 1.41. The van der Waals surface area contributed by atoms with Crippen molar-refractivity contribution in [2.24, 2.45) is 5.92 Å². The van der Waals surface area contributed by atoms with Gasteiger partial charge in [-0.1, -0.05) is 26.0 Å². The van der Waals surface area contributed by atoms with Gasteiger partial charge >= 0.3 is 5.97 Å². The number of aliphatic hydroxyl groups is 1. The number of carbonyl (C=O) groups excluding carboxylic acids is 1. The Morgan fingerprint density at radius 2 is 2.06 bits per heavy atom. The predicted octanol–water partition coefficient (Wildman–Crippen LogP) is 2.32. The van der Waals surface area contributed by atoms with Crippen molar-refractivity contribution < 1.29 is 19.7 Å². The van der Waals surface area contributed by atoms with Crippen LogP contribution in [0.15, 0.2) is 18.2 Å². The number of benzene rings is 1. The summed E-state index contributed by atoms with van der Waals surface area (Å²) < 4.78 is 4.97. The second kappa shape index (κ2) is 6.40. The molecule has 0 aliphatic rings. The standard InChI is InChI=1S/C14H20O4/c1-9(2)6-7-18-14(17)13(16)11-5-4-10(3)12(15)8-11/h4-5,8-9,13,15-16H,6-7H2,1-3H3. The van der Waals surface area contributed by atoms with E-state index < -0.39 is 12.1 Å². The summed E-state index contributed by atoms with van der Waals surface area (Å²) in [6.07, 6.45) is -0.582. The van der Waals surface area contributed by atoms with Crippen molar-refractivity contribution in [2.75, 3.05) is 6.61 Å². The Bertz CT molecular complexity index is 412. The average molecular weight is 252 g/mol. The molecule has 4 heteroatoms. The van der Waals surface area contributed by atoms with E-state index in [4.69, 9.17) is 4.74 Å². The minimum absolute atomic E-state index is 0.0570. The number of phenols is 1. The molecule has 0 radical (unpaired) electrons. The third kappa shape index (κ3) is 4.04. The number of hydrogen-bond acceptors (Lipinski definition) is 4. The number of rotatable bonds is 5. The molecule has 18 heavy (non-hydrogen) atoms. The first-order chi connectivity index (χ1) is 8.41. The zero-order valence-electron chi connectivity index (χ0n) is 11.0. The molecule has 2 N–H and O–H groups in total. The molecule has 1 atom stereocenters. The lowest BCUT2D eigenvalue weighted by molar-refractivity contribution is -0.154. The summed E-state index contributed by atoms with van der Waals surface area (Å²) in [5.74, 6) is -0.182. The summed E-state index contributed by atoms with van der Waals surface area (Å²) in [7, 11) is 0. The van der Waals surface area contributed by atoms with Crippen LogP contribution in [0.1, 0.15) is 37.5 Å². The Kier molecular flexibility index (Phi) is 5.16. The highest BCUT2D eigenvalue weighted by atomic mass is 16.5. The highest BCUT2D eigenvalue weighted by Crippen LogP contribution is 2.23. The number of ether oxygens (including phenoxy) is 1. The minimum Gasteiger partial charge on any atom is -0.508 e. The molecule has 0 aliphatic heterocycles. The van der Waals surface area contributed by atoms with Gasteiger partial charge in [-0.05, 0) is 36.5 Å². The SMILES string of the molecule is Cc1ccc(C(O)C(=O)OCCC(C)C)cc1O. The fraction of sp³-hybridized carbons (Fsp3) is 0.500. The minimum atomic E-state index is -1.34. The van der Waals surface area contributed by atoms with E-state index in [0.717, 1.165) is 6.42 Å². The predicted molar refractivity (Wildman–Crippen MR) is 68.2 cm³/mol. The van der Waals surface area contributed by atoms with Crippen LogP contribution in [0.2, 0.25) is 0 Å². The Balaban J connectivity index is 2.60. The van der Waals surface area contributed by atoms with Gasteiger partial charge in [-0.2, -0.15) is 0 Å². The van der Waals surface area contributed by atoms with Gasteiger partial charge in [-0.15, -0.1) is 0 Å². The summed E-state index contributed by atoms with van der Waals surface area (Å²) in [6, 6.07) is 4.63. The van der Waals surface area contributed by atoms with Crippen molar-refractivity contribution in [3.8, 4) is 5.75 Å². The summed E-state index contributed by atoms with van der Waals surface area (Å²) in [5.41, 5.74) is 1.03. The second-order valence-electron chi connectivity index (χ2n) is 4.80. The molecule has 0 spiro atoms. The van der Waals surface area contributed by atoms with Crippen LogP contribution < -0.4 is 0 Å². The summed E-state index contributed by atoms with van der Waals surface area (Å²) >= 11 is 0. The lowest BCUT2D eigenvalue weighted by Crippen LogP contribution is -2.16. The van der Waals surface area contributed by atoms with E-state index in [1.165, 1.54) is 6.07 Å². The first-order valence-electron chi connectivity index (χ1n) is 6.06. The quantitative estimate of drug-likeness (QED) is 0.789. The lowest BCUT2D eigenvalue weighted by Gasteiger charge is -2.12. The van der Waals surface area contributed by atoms with Crippen molar-refractivity contribution in [2.45, 2.75) is 33.3 Å². The molecule has 0 amide bonds. The molecule has 1 aromatic carbocycles. The molecule has 100 valence electrons. The van der Waals surface area contributed by atoms with Gasteiger partial charge in [-0.25, -0.2) is 4.79 Å². The summed E-state index contributed by atoms with van der Waals surface area (Å²) in [6.45, 7) is 6.10. The first kappa shape index (κ1) is 14.5. The van der Waals surface area contributed by atoms with Gasteiger partial charge in [0.25, 0.3) is 0 Å². The number of aryl methyl sites for hydroxylation is 1. The zero-order valence-corrected chi connectivity index (χ0v) is 11.0. The van der Waals surface area contributed by atoms with E-state index in [-0.39, 0.29) is 5.75 Å². The van der Waals surface area contributed by atoms with Gasteiger partial charge in [0.1, 0.15) is 5.75 Å². The molecule has 4 nitrogen and oxygen atoms in total. The van der Waals surface area contributed by atoms with Crippen LogP contribution in [0.25, 0.3) is 0 Å². The maximum atomic E-state index is 11.6. The highest BCUT2D eigenvalue weighted by Gasteiger charge is 2.19. The van der Waals surface area contributed by atoms with Gasteiger partial charge in [-0.3, -0.25) is 0 Å². The van der Waals surface area contributed by atoms with Crippen molar-refractivity contribution in [1.29, 1.82) is 0 Å². The maximum Gasteiger partial charge on any atom is 0.339 e. The Hall–Kier alpha value is -1.55. The molecule has 0 bridgehead atoms. The van der Waals surface area contributed by atoms with Crippen LogP contribution in [0.3, 0.4) is 0 Å². The zero-order chi connectivity index (χ0) is 13.7. The normalized spacial score (nSPS) is 12.5. The highest BCUT2D eigenvalue weighted by molar-refractivity contribution is 5.76. The summed E-state index contributed by atoms with van der Waals surface area (Å²) in [4.78, 5) is 11.6. The number of aromatic hydroxyl groups is 1. The van der Waals surface area contributed by atoms with Crippen LogP contribution in [-0.2, 0) is 9.53 Å². The molecule has 0 fully saturated rings. The van der Waals surface area contributed by atoms with E-state index in [1.54, 1.807) is 19.1 Å². The fourth-order valence-electron chi connectivity index (χ4n) is 1.41. The molecule has 1 aromatic rings. The smallest absolute Gasteiger partial charge is 0.339 e. The number of esters is 1. The van der Waals surface area contributed by atoms with Crippen LogP contribution in [0.5, 0.6) is 5.75 Å². The van der Waals surface area contributed by atoms with Crippen molar-refractivity contribution in [3.63, 3.8) is 0 Å². The number of hydrogen-bond donors (Lipinski definition) is 2. The molecule has 0 saturated carbocycles. The number of phenolic OH excluding ortho intramolecular Hbond substituents is 1. The van der Waals surface area contributed by atoms with Gasteiger partial charge in [0.15, 0.2) is 6.10 Å². The Morgan fingerprint density at radius 1 is 1.39 bits per heavy atom. The largest absolute Gasteiger partial charge is 0.508 e. The Labute approximate surface area is 107 Å². The van der Waals surface area contributed by atoms with E-state index >= 15 is 0 Å². The monoisotopic (exact) mass is 252 g/mol. The van der Waals surface area contributed by atoms with Crippen molar-refractivity contribution in [3.05, 3.63) is 29.3 Å². The molecule has 0 aliphatic carbocycles. The second-order valence-corrected chi connectivity index (χ2v) is 4.80. The lowest BCUT2D eigenvalue weighted by atomic mass is 10.1.